The normalized spacial score (nSPS) is 11.2. The van der Waals surface area contributed by atoms with Gasteiger partial charge in [-0.2, -0.15) is 0 Å². The summed E-state index contributed by atoms with van der Waals surface area (Å²) in [6, 6.07) is 22.1. The summed E-state index contributed by atoms with van der Waals surface area (Å²) in [6.07, 6.45) is 0.366. The molecule has 0 saturated heterocycles. The second-order valence-corrected chi connectivity index (χ2v) is 8.54. The highest BCUT2D eigenvalue weighted by Gasteiger charge is 2.12. The summed E-state index contributed by atoms with van der Waals surface area (Å²) >= 11 is 2.95. The van der Waals surface area contributed by atoms with Crippen LogP contribution in [0.5, 0.6) is 0 Å². The van der Waals surface area contributed by atoms with Crippen LogP contribution in [-0.4, -0.2) is 31.2 Å². The molecule has 0 bridgehead atoms. The molecule has 6 nitrogen and oxygen atoms in total. The molecule has 3 heterocycles. The molecule has 0 saturated carbocycles. The number of thioether (sulfide) groups is 1. The highest BCUT2D eigenvalue weighted by atomic mass is 32.2. The van der Waals surface area contributed by atoms with Gasteiger partial charge in [-0.05, 0) is 23.6 Å². The van der Waals surface area contributed by atoms with Crippen LogP contribution in [-0.2, 0) is 4.79 Å². The summed E-state index contributed by atoms with van der Waals surface area (Å²) in [6.45, 7) is 0. The standard InChI is InChI=1S/C22H17N5OS2/c28-20(24-21-23-17(14-30-21)15-6-2-1-3-7-15)12-13-29-22-26-25-19-11-10-16-8-4-5-9-18(16)27(19)22/h1-11,14H,12-13H2,(H,23,24,28). The largest absolute Gasteiger partial charge is 0.302 e. The van der Waals surface area contributed by atoms with Gasteiger partial charge in [0.1, 0.15) is 0 Å². The quantitative estimate of drug-likeness (QED) is 0.378. The van der Waals surface area contributed by atoms with Crippen molar-refractivity contribution in [2.75, 3.05) is 11.1 Å². The Morgan fingerprint density at radius 1 is 1.00 bits per heavy atom. The highest BCUT2D eigenvalue weighted by Crippen LogP contribution is 2.26. The third-order valence-electron chi connectivity index (χ3n) is 4.63. The molecule has 0 atom stereocenters. The molecule has 0 fully saturated rings. The van der Waals surface area contributed by atoms with E-state index >= 15 is 0 Å². The molecule has 0 aliphatic heterocycles. The SMILES string of the molecule is O=C(CCSc1nnc2ccc3ccccc3n12)Nc1nc(-c2ccccc2)cs1. The molecule has 30 heavy (non-hydrogen) atoms. The third-order valence-corrected chi connectivity index (χ3v) is 6.32. The van der Waals surface area contributed by atoms with Gasteiger partial charge >= 0.3 is 0 Å². The van der Waals surface area contributed by atoms with Gasteiger partial charge in [0, 0.05) is 23.1 Å². The number of carbonyl (C=O) groups excluding carboxylic acids is 1. The molecule has 0 unspecified atom stereocenters. The number of anilines is 1. The van der Waals surface area contributed by atoms with Gasteiger partial charge in [0.25, 0.3) is 0 Å². The van der Waals surface area contributed by atoms with Crippen molar-refractivity contribution in [3.63, 3.8) is 0 Å². The summed E-state index contributed by atoms with van der Waals surface area (Å²) in [5.41, 5.74) is 3.77. The maximum atomic E-state index is 12.4. The summed E-state index contributed by atoms with van der Waals surface area (Å²) < 4.78 is 2.03. The van der Waals surface area contributed by atoms with E-state index in [4.69, 9.17) is 0 Å². The van der Waals surface area contributed by atoms with Crippen molar-refractivity contribution in [2.45, 2.75) is 11.6 Å². The Bertz CT molecular complexity index is 1330. The van der Waals surface area contributed by atoms with Crippen molar-refractivity contribution >= 4 is 50.7 Å². The van der Waals surface area contributed by atoms with E-state index < -0.39 is 0 Å². The van der Waals surface area contributed by atoms with Crippen LogP contribution in [0, 0.1) is 0 Å². The van der Waals surface area contributed by atoms with E-state index in [2.05, 4.69) is 32.6 Å². The van der Waals surface area contributed by atoms with Gasteiger partial charge < -0.3 is 5.32 Å². The van der Waals surface area contributed by atoms with E-state index in [9.17, 15) is 4.79 Å². The summed E-state index contributed by atoms with van der Waals surface area (Å²) in [5.74, 6) is 0.544. The van der Waals surface area contributed by atoms with Crippen LogP contribution in [0.1, 0.15) is 6.42 Å². The van der Waals surface area contributed by atoms with Crippen LogP contribution in [0.4, 0.5) is 5.13 Å². The van der Waals surface area contributed by atoms with E-state index in [1.165, 1.54) is 23.1 Å². The van der Waals surface area contributed by atoms with Crippen LogP contribution < -0.4 is 5.32 Å². The topological polar surface area (TPSA) is 72.2 Å². The second-order valence-electron chi connectivity index (χ2n) is 6.62. The average Bonchev–Trinajstić information content (AvgIpc) is 3.42. The van der Waals surface area contributed by atoms with Crippen molar-refractivity contribution in [1.82, 2.24) is 19.6 Å². The van der Waals surface area contributed by atoms with Crippen LogP contribution in [0.25, 0.3) is 27.8 Å². The molecular formula is C22H17N5OS2. The predicted octanol–water partition coefficient (Wildman–Crippen LogP) is 5.13. The third kappa shape index (κ3) is 3.79. The predicted molar refractivity (Wildman–Crippen MR) is 122 cm³/mol. The fourth-order valence-electron chi connectivity index (χ4n) is 3.20. The van der Waals surface area contributed by atoms with E-state index in [-0.39, 0.29) is 5.91 Å². The second kappa shape index (κ2) is 8.25. The number of carbonyl (C=O) groups is 1. The van der Waals surface area contributed by atoms with Crippen LogP contribution >= 0.6 is 23.1 Å². The van der Waals surface area contributed by atoms with Crippen LogP contribution in [0.2, 0.25) is 0 Å². The van der Waals surface area contributed by atoms with Crippen molar-refractivity contribution < 1.29 is 4.79 Å². The number of rotatable bonds is 6. The van der Waals surface area contributed by atoms with E-state index in [0.717, 1.165) is 33.0 Å². The minimum Gasteiger partial charge on any atom is -0.302 e. The van der Waals surface area contributed by atoms with Crippen molar-refractivity contribution in [1.29, 1.82) is 0 Å². The van der Waals surface area contributed by atoms with Gasteiger partial charge in [-0.15, -0.1) is 21.5 Å². The van der Waals surface area contributed by atoms with Crippen molar-refractivity contribution in [2.24, 2.45) is 0 Å². The lowest BCUT2D eigenvalue weighted by Gasteiger charge is -2.04. The molecule has 0 aliphatic carbocycles. The first-order valence-corrected chi connectivity index (χ1v) is 11.3. The lowest BCUT2D eigenvalue weighted by Crippen LogP contribution is -2.12. The molecule has 0 radical (unpaired) electrons. The van der Waals surface area contributed by atoms with Gasteiger partial charge in [-0.1, -0.05) is 60.3 Å². The molecule has 0 spiro atoms. The van der Waals surface area contributed by atoms with Crippen LogP contribution in [0.15, 0.2) is 77.3 Å². The molecule has 5 rings (SSSR count). The first-order chi connectivity index (χ1) is 14.8. The Labute approximate surface area is 181 Å². The fourth-order valence-corrected chi connectivity index (χ4v) is 4.82. The molecule has 0 aliphatic rings. The van der Waals surface area contributed by atoms with Crippen molar-refractivity contribution in [3.8, 4) is 11.3 Å². The van der Waals surface area contributed by atoms with Gasteiger partial charge in [-0.25, -0.2) is 4.98 Å². The zero-order valence-electron chi connectivity index (χ0n) is 15.9. The number of thiazole rings is 1. The number of hydrogen-bond donors (Lipinski definition) is 1. The molecule has 1 amide bonds. The zero-order chi connectivity index (χ0) is 20.3. The highest BCUT2D eigenvalue weighted by molar-refractivity contribution is 7.99. The number of nitrogens with one attached hydrogen (secondary N) is 1. The van der Waals surface area contributed by atoms with Crippen LogP contribution in [0.3, 0.4) is 0 Å². The number of pyridine rings is 1. The van der Waals surface area contributed by atoms with Gasteiger partial charge in [0.05, 0.1) is 11.2 Å². The molecule has 3 aromatic heterocycles. The molecule has 1 N–H and O–H groups in total. The van der Waals surface area contributed by atoms with Gasteiger partial charge in [0.2, 0.25) is 5.91 Å². The minimum atomic E-state index is -0.0601. The summed E-state index contributed by atoms with van der Waals surface area (Å²) in [4.78, 5) is 16.9. The molecule has 5 aromatic rings. The monoisotopic (exact) mass is 431 g/mol. The van der Waals surface area contributed by atoms with E-state index in [1.807, 2.05) is 64.4 Å². The van der Waals surface area contributed by atoms with E-state index in [1.54, 1.807) is 0 Å². The lowest BCUT2D eigenvalue weighted by molar-refractivity contribution is -0.115. The maximum absolute atomic E-state index is 12.4. The number of benzene rings is 2. The Morgan fingerprint density at radius 3 is 2.73 bits per heavy atom. The number of fused-ring (bicyclic) bond motifs is 3. The Morgan fingerprint density at radius 2 is 1.83 bits per heavy atom. The summed E-state index contributed by atoms with van der Waals surface area (Å²) in [7, 11) is 0. The molecular weight excluding hydrogens is 414 g/mol. The number of nitrogens with zero attached hydrogens (tertiary/aromatic N) is 4. The van der Waals surface area contributed by atoms with Crippen molar-refractivity contribution in [3.05, 3.63) is 72.1 Å². The van der Waals surface area contributed by atoms with E-state index in [0.29, 0.717) is 17.3 Å². The number of hydrogen-bond acceptors (Lipinski definition) is 6. The number of para-hydroxylation sites is 1. The first kappa shape index (κ1) is 18.8. The maximum Gasteiger partial charge on any atom is 0.226 e. The minimum absolute atomic E-state index is 0.0601. The first-order valence-electron chi connectivity index (χ1n) is 9.44. The number of aromatic nitrogens is 4. The number of amides is 1. The molecule has 148 valence electrons. The zero-order valence-corrected chi connectivity index (χ0v) is 17.5. The lowest BCUT2D eigenvalue weighted by atomic mass is 10.2. The Hall–Kier alpha value is -3.23. The van der Waals surface area contributed by atoms with Gasteiger partial charge in [-0.3, -0.25) is 9.20 Å². The summed E-state index contributed by atoms with van der Waals surface area (Å²) in [5, 5.41) is 15.9. The Kier molecular flexibility index (Phi) is 5.17. The van der Waals surface area contributed by atoms with Gasteiger partial charge in [0.15, 0.2) is 15.9 Å². The fraction of sp³-hybridized carbons (Fsp3) is 0.0909. The smallest absolute Gasteiger partial charge is 0.226 e. The molecule has 8 heteroatoms. The average molecular weight is 432 g/mol. The Balaban J connectivity index is 1.23. The molecule has 2 aromatic carbocycles.